The van der Waals surface area contributed by atoms with E-state index in [4.69, 9.17) is 16.3 Å². The van der Waals surface area contributed by atoms with Crippen molar-refractivity contribution in [1.82, 2.24) is 9.97 Å². The molecular weight excluding hydrogens is 262 g/mol. The molecule has 1 unspecified atom stereocenters. The molecule has 0 fully saturated rings. The molecule has 5 heteroatoms. The van der Waals surface area contributed by atoms with Crippen LogP contribution in [0.2, 0.25) is 0 Å². The fourth-order valence-corrected chi connectivity index (χ4v) is 1.98. The van der Waals surface area contributed by atoms with Gasteiger partial charge in [-0.2, -0.15) is 4.98 Å². The molecule has 0 radical (unpaired) electrons. The molecule has 0 bridgehead atoms. The Bertz CT molecular complexity index is 385. The molecule has 0 spiro atoms. The molecular formula is C14H24ClN3O. The van der Waals surface area contributed by atoms with Gasteiger partial charge in [-0.15, -0.1) is 11.6 Å². The van der Waals surface area contributed by atoms with Crippen LogP contribution in [-0.2, 0) is 0 Å². The van der Waals surface area contributed by atoms with Gasteiger partial charge in [0, 0.05) is 23.7 Å². The number of rotatable bonds is 8. The van der Waals surface area contributed by atoms with Crippen LogP contribution in [-0.4, -0.2) is 28.5 Å². The predicted octanol–water partition coefficient (Wildman–Crippen LogP) is 3.64. The summed E-state index contributed by atoms with van der Waals surface area (Å²) < 4.78 is 5.56. The van der Waals surface area contributed by atoms with Gasteiger partial charge in [-0.05, 0) is 25.7 Å². The van der Waals surface area contributed by atoms with Crippen LogP contribution < -0.4 is 10.1 Å². The van der Waals surface area contributed by atoms with Gasteiger partial charge in [0.05, 0.1) is 6.61 Å². The lowest BCUT2D eigenvalue weighted by molar-refractivity contribution is 0.304. The number of aromatic nitrogens is 2. The van der Waals surface area contributed by atoms with E-state index in [9.17, 15) is 0 Å². The summed E-state index contributed by atoms with van der Waals surface area (Å²) >= 11 is 5.83. The van der Waals surface area contributed by atoms with Gasteiger partial charge in [-0.3, -0.25) is 0 Å². The van der Waals surface area contributed by atoms with Crippen molar-refractivity contribution in [2.75, 3.05) is 17.8 Å². The first-order valence-corrected chi connectivity index (χ1v) is 7.41. The van der Waals surface area contributed by atoms with Crippen LogP contribution in [0.3, 0.4) is 0 Å². The minimum absolute atomic E-state index is 0.276. The summed E-state index contributed by atoms with van der Waals surface area (Å²) in [6.07, 6.45) is 1.86. The summed E-state index contributed by atoms with van der Waals surface area (Å²) in [4.78, 5) is 8.79. The van der Waals surface area contributed by atoms with Crippen molar-refractivity contribution in [2.45, 2.75) is 46.6 Å². The molecule has 4 nitrogen and oxygen atoms in total. The van der Waals surface area contributed by atoms with Gasteiger partial charge in [0.2, 0.25) is 11.8 Å². The number of anilines is 1. The van der Waals surface area contributed by atoms with E-state index in [0.717, 1.165) is 18.5 Å². The number of hydrogen-bond acceptors (Lipinski definition) is 4. The standard InChI is InChI=1S/C14H24ClN3O/c1-5-8-19-13-9-11(4)16-14(18-13)17-12(6-7-15)10(2)3/h9-10,12H,5-8H2,1-4H3,(H,16,17,18). The number of alkyl halides is 1. The largest absolute Gasteiger partial charge is 0.478 e. The van der Waals surface area contributed by atoms with Crippen LogP contribution in [0.4, 0.5) is 5.95 Å². The molecule has 0 saturated heterocycles. The van der Waals surface area contributed by atoms with Crippen LogP contribution in [0, 0.1) is 12.8 Å². The summed E-state index contributed by atoms with van der Waals surface area (Å²) in [5, 5.41) is 3.35. The van der Waals surface area contributed by atoms with Crippen molar-refractivity contribution < 1.29 is 4.74 Å². The Hall–Kier alpha value is -1.03. The monoisotopic (exact) mass is 285 g/mol. The third kappa shape index (κ3) is 5.64. The van der Waals surface area contributed by atoms with E-state index in [0.29, 0.717) is 30.2 Å². The SMILES string of the molecule is CCCOc1cc(C)nc(NC(CCCl)C(C)C)n1. The third-order valence-corrected chi connectivity index (χ3v) is 3.04. The van der Waals surface area contributed by atoms with E-state index >= 15 is 0 Å². The van der Waals surface area contributed by atoms with Crippen molar-refractivity contribution >= 4 is 17.5 Å². The fraction of sp³-hybridized carbons (Fsp3) is 0.714. The summed E-state index contributed by atoms with van der Waals surface area (Å²) in [5.74, 6) is 2.35. The molecule has 1 aromatic rings. The first-order valence-electron chi connectivity index (χ1n) is 6.87. The second kappa shape index (κ2) is 8.20. The van der Waals surface area contributed by atoms with Crippen LogP contribution in [0.15, 0.2) is 6.07 Å². The quantitative estimate of drug-likeness (QED) is 0.741. The van der Waals surface area contributed by atoms with Gasteiger partial charge in [-0.1, -0.05) is 20.8 Å². The Balaban J connectivity index is 2.78. The van der Waals surface area contributed by atoms with Crippen LogP contribution >= 0.6 is 11.6 Å². The van der Waals surface area contributed by atoms with E-state index in [1.807, 2.05) is 13.0 Å². The van der Waals surface area contributed by atoms with Crippen molar-refractivity contribution in [3.05, 3.63) is 11.8 Å². The molecule has 108 valence electrons. The molecule has 0 aliphatic carbocycles. The predicted molar refractivity (Wildman–Crippen MR) is 80.1 cm³/mol. The highest BCUT2D eigenvalue weighted by Gasteiger charge is 2.14. The zero-order valence-corrected chi connectivity index (χ0v) is 13.0. The van der Waals surface area contributed by atoms with Crippen molar-refractivity contribution in [3.8, 4) is 5.88 Å². The summed E-state index contributed by atoms with van der Waals surface area (Å²) in [5.41, 5.74) is 0.900. The Kier molecular flexibility index (Phi) is 6.92. The lowest BCUT2D eigenvalue weighted by Crippen LogP contribution is -2.27. The molecule has 1 atom stereocenters. The van der Waals surface area contributed by atoms with E-state index in [1.54, 1.807) is 0 Å². The van der Waals surface area contributed by atoms with E-state index in [-0.39, 0.29) is 6.04 Å². The van der Waals surface area contributed by atoms with Crippen molar-refractivity contribution in [3.63, 3.8) is 0 Å². The lowest BCUT2D eigenvalue weighted by Gasteiger charge is -2.21. The maximum absolute atomic E-state index is 5.83. The summed E-state index contributed by atoms with van der Waals surface area (Å²) in [6.45, 7) is 9.01. The lowest BCUT2D eigenvalue weighted by atomic mass is 10.0. The molecule has 1 heterocycles. The molecule has 0 aromatic carbocycles. The number of aryl methyl sites for hydroxylation is 1. The van der Waals surface area contributed by atoms with Gasteiger partial charge in [0.25, 0.3) is 0 Å². The van der Waals surface area contributed by atoms with Crippen LogP contribution in [0.1, 0.15) is 39.3 Å². The minimum atomic E-state index is 0.276. The van der Waals surface area contributed by atoms with Crippen molar-refractivity contribution in [1.29, 1.82) is 0 Å². The summed E-state index contributed by atoms with van der Waals surface area (Å²) in [6, 6.07) is 2.13. The van der Waals surface area contributed by atoms with Crippen molar-refractivity contribution in [2.24, 2.45) is 5.92 Å². The highest BCUT2D eigenvalue weighted by atomic mass is 35.5. The van der Waals surface area contributed by atoms with E-state index in [2.05, 4.69) is 36.1 Å². The van der Waals surface area contributed by atoms with Gasteiger partial charge >= 0.3 is 0 Å². The van der Waals surface area contributed by atoms with E-state index in [1.165, 1.54) is 0 Å². The first-order chi connectivity index (χ1) is 9.06. The van der Waals surface area contributed by atoms with E-state index < -0.39 is 0 Å². The smallest absolute Gasteiger partial charge is 0.226 e. The van der Waals surface area contributed by atoms with Gasteiger partial charge in [0.15, 0.2) is 0 Å². The number of nitrogens with one attached hydrogen (secondary N) is 1. The van der Waals surface area contributed by atoms with Gasteiger partial charge in [0.1, 0.15) is 0 Å². The summed E-state index contributed by atoms with van der Waals surface area (Å²) in [7, 11) is 0. The zero-order chi connectivity index (χ0) is 14.3. The molecule has 0 aliphatic heterocycles. The normalized spacial score (nSPS) is 12.5. The fourth-order valence-electron chi connectivity index (χ4n) is 1.74. The van der Waals surface area contributed by atoms with Gasteiger partial charge < -0.3 is 10.1 Å². The number of nitrogens with zero attached hydrogens (tertiary/aromatic N) is 2. The third-order valence-electron chi connectivity index (χ3n) is 2.82. The Morgan fingerprint density at radius 1 is 1.37 bits per heavy atom. The first kappa shape index (κ1) is 16.0. The van der Waals surface area contributed by atoms with Crippen LogP contribution in [0.5, 0.6) is 5.88 Å². The highest BCUT2D eigenvalue weighted by Crippen LogP contribution is 2.16. The number of ether oxygens (including phenoxy) is 1. The molecule has 1 aromatic heterocycles. The van der Waals surface area contributed by atoms with Crippen LogP contribution in [0.25, 0.3) is 0 Å². The minimum Gasteiger partial charge on any atom is -0.478 e. The zero-order valence-electron chi connectivity index (χ0n) is 12.2. The maximum Gasteiger partial charge on any atom is 0.226 e. The average molecular weight is 286 g/mol. The topological polar surface area (TPSA) is 47.0 Å². The highest BCUT2D eigenvalue weighted by molar-refractivity contribution is 6.17. The molecule has 19 heavy (non-hydrogen) atoms. The maximum atomic E-state index is 5.83. The second-order valence-corrected chi connectivity index (χ2v) is 5.37. The molecule has 1 N–H and O–H groups in total. The molecule has 0 saturated carbocycles. The van der Waals surface area contributed by atoms with Gasteiger partial charge in [-0.25, -0.2) is 4.98 Å². The molecule has 0 aliphatic rings. The Morgan fingerprint density at radius 3 is 2.68 bits per heavy atom. The second-order valence-electron chi connectivity index (χ2n) is 4.99. The Morgan fingerprint density at radius 2 is 2.11 bits per heavy atom. The molecule has 1 rings (SSSR count). The Labute approximate surface area is 120 Å². The number of hydrogen-bond donors (Lipinski definition) is 1. The molecule has 0 amide bonds. The average Bonchev–Trinajstić information content (AvgIpc) is 2.35. The number of halogens is 1.